The first kappa shape index (κ1) is 8.69. The number of nitrogens with two attached hydrogens (primary N) is 1. The van der Waals surface area contributed by atoms with Crippen LogP contribution in [0.15, 0.2) is 29.6 Å². The lowest BCUT2D eigenvalue weighted by Crippen LogP contribution is -2.24. The average Bonchev–Trinajstić information content (AvgIpc) is 2.60. The van der Waals surface area contributed by atoms with Crippen LogP contribution in [0.1, 0.15) is 11.7 Å². The lowest BCUT2D eigenvalue weighted by atomic mass is 10.1. The van der Waals surface area contributed by atoms with Gasteiger partial charge in [-0.2, -0.15) is 0 Å². The van der Waals surface area contributed by atoms with E-state index in [-0.39, 0.29) is 6.17 Å². The predicted octanol–water partition coefficient (Wildman–Crippen LogP) is 2.08. The van der Waals surface area contributed by atoms with E-state index in [0.717, 1.165) is 0 Å². The van der Waals surface area contributed by atoms with Gasteiger partial charge >= 0.3 is 0 Å². The SMILES string of the molecule is CNC(N)c1csc2ccccc12. The van der Waals surface area contributed by atoms with Crippen molar-refractivity contribution in [2.45, 2.75) is 6.17 Å². The average molecular weight is 192 g/mol. The van der Waals surface area contributed by atoms with E-state index in [4.69, 9.17) is 5.73 Å². The van der Waals surface area contributed by atoms with Gasteiger partial charge in [-0.3, -0.25) is 0 Å². The van der Waals surface area contributed by atoms with Crippen LogP contribution in [0.3, 0.4) is 0 Å². The minimum absolute atomic E-state index is 0.0591. The fourth-order valence-electron chi connectivity index (χ4n) is 1.39. The summed E-state index contributed by atoms with van der Waals surface area (Å²) in [4.78, 5) is 0. The highest BCUT2D eigenvalue weighted by Gasteiger charge is 2.08. The summed E-state index contributed by atoms with van der Waals surface area (Å²) in [6.45, 7) is 0. The maximum Gasteiger partial charge on any atom is 0.0821 e. The van der Waals surface area contributed by atoms with Gasteiger partial charge in [-0.15, -0.1) is 11.3 Å². The van der Waals surface area contributed by atoms with Crippen molar-refractivity contribution in [3.63, 3.8) is 0 Å². The molecular weight excluding hydrogens is 180 g/mol. The van der Waals surface area contributed by atoms with Crippen molar-refractivity contribution in [3.8, 4) is 0 Å². The van der Waals surface area contributed by atoms with Gasteiger partial charge < -0.3 is 11.1 Å². The van der Waals surface area contributed by atoms with Crippen LogP contribution in [0.2, 0.25) is 0 Å². The highest BCUT2D eigenvalue weighted by Crippen LogP contribution is 2.27. The Bertz CT molecular complexity index is 408. The topological polar surface area (TPSA) is 38.0 Å². The molecule has 0 aliphatic heterocycles. The minimum atomic E-state index is -0.0591. The molecule has 3 heteroatoms. The van der Waals surface area contributed by atoms with Crippen molar-refractivity contribution in [3.05, 3.63) is 35.2 Å². The molecule has 2 aromatic rings. The Morgan fingerprint density at radius 1 is 1.38 bits per heavy atom. The summed E-state index contributed by atoms with van der Waals surface area (Å²) in [5, 5.41) is 6.42. The molecule has 0 aliphatic carbocycles. The zero-order valence-corrected chi connectivity index (χ0v) is 8.27. The number of rotatable bonds is 2. The molecule has 1 aromatic carbocycles. The molecule has 1 aromatic heterocycles. The Labute approximate surface area is 81.4 Å². The standard InChI is InChI=1S/C10H12N2S/c1-12-10(11)8-6-13-9-5-3-2-4-7(8)9/h2-6,10,12H,11H2,1H3. The van der Waals surface area contributed by atoms with Gasteiger partial charge in [0.2, 0.25) is 0 Å². The van der Waals surface area contributed by atoms with Gasteiger partial charge in [0.05, 0.1) is 6.17 Å². The van der Waals surface area contributed by atoms with Crippen molar-refractivity contribution in [2.75, 3.05) is 7.05 Å². The van der Waals surface area contributed by atoms with Crippen LogP contribution in [0.25, 0.3) is 10.1 Å². The van der Waals surface area contributed by atoms with E-state index in [2.05, 4.69) is 22.8 Å². The zero-order chi connectivity index (χ0) is 9.26. The van der Waals surface area contributed by atoms with E-state index in [0.29, 0.717) is 0 Å². The third-order valence-corrected chi connectivity index (χ3v) is 3.14. The molecule has 0 saturated heterocycles. The fraction of sp³-hybridized carbons (Fsp3) is 0.200. The molecule has 2 nitrogen and oxygen atoms in total. The van der Waals surface area contributed by atoms with Crippen molar-refractivity contribution < 1.29 is 0 Å². The van der Waals surface area contributed by atoms with Crippen LogP contribution >= 0.6 is 11.3 Å². The Hall–Kier alpha value is -0.900. The summed E-state index contributed by atoms with van der Waals surface area (Å²) in [6, 6.07) is 8.32. The molecule has 1 heterocycles. The molecule has 0 spiro atoms. The fourth-order valence-corrected chi connectivity index (χ4v) is 2.39. The first-order chi connectivity index (χ1) is 6.33. The lowest BCUT2D eigenvalue weighted by Gasteiger charge is -2.08. The second-order valence-corrected chi connectivity index (χ2v) is 3.86. The summed E-state index contributed by atoms with van der Waals surface area (Å²) in [5.74, 6) is 0. The summed E-state index contributed by atoms with van der Waals surface area (Å²) in [6.07, 6.45) is -0.0591. The van der Waals surface area contributed by atoms with Gasteiger partial charge in [0.1, 0.15) is 0 Å². The second kappa shape index (κ2) is 3.46. The molecule has 0 saturated carbocycles. The lowest BCUT2D eigenvalue weighted by molar-refractivity contribution is 0.628. The summed E-state index contributed by atoms with van der Waals surface area (Å²) >= 11 is 1.74. The van der Waals surface area contributed by atoms with E-state index in [1.807, 2.05) is 19.2 Å². The number of nitrogens with one attached hydrogen (secondary N) is 1. The Morgan fingerprint density at radius 2 is 2.15 bits per heavy atom. The molecule has 13 heavy (non-hydrogen) atoms. The first-order valence-electron chi connectivity index (χ1n) is 4.22. The van der Waals surface area contributed by atoms with Gasteiger partial charge in [0, 0.05) is 10.3 Å². The molecule has 2 rings (SSSR count). The Kier molecular flexibility index (Phi) is 2.31. The molecule has 1 unspecified atom stereocenters. The maximum absolute atomic E-state index is 5.90. The third kappa shape index (κ3) is 1.46. The quantitative estimate of drug-likeness (QED) is 0.715. The van der Waals surface area contributed by atoms with Crippen molar-refractivity contribution in [1.29, 1.82) is 0 Å². The van der Waals surface area contributed by atoms with E-state index in [1.165, 1.54) is 15.6 Å². The van der Waals surface area contributed by atoms with Gasteiger partial charge in [-0.05, 0) is 23.9 Å². The normalized spacial score (nSPS) is 13.4. The minimum Gasteiger partial charge on any atom is -0.312 e. The number of thiophene rings is 1. The van der Waals surface area contributed by atoms with E-state index in [9.17, 15) is 0 Å². The third-order valence-electron chi connectivity index (χ3n) is 2.16. The van der Waals surface area contributed by atoms with Crippen molar-refractivity contribution in [2.24, 2.45) is 5.73 Å². The van der Waals surface area contributed by atoms with Gasteiger partial charge in [-0.1, -0.05) is 18.2 Å². The largest absolute Gasteiger partial charge is 0.312 e. The molecule has 3 N–H and O–H groups in total. The first-order valence-corrected chi connectivity index (χ1v) is 5.10. The van der Waals surface area contributed by atoms with E-state index < -0.39 is 0 Å². The molecule has 1 atom stereocenters. The van der Waals surface area contributed by atoms with Crippen LogP contribution in [-0.2, 0) is 0 Å². The Balaban J connectivity index is 2.57. The second-order valence-electron chi connectivity index (χ2n) is 2.95. The van der Waals surface area contributed by atoms with Crippen LogP contribution in [0.5, 0.6) is 0 Å². The van der Waals surface area contributed by atoms with Gasteiger partial charge in [-0.25, -0.2) is 0 Å². The van der Waals surface area contributed by atoms with Crippen LogP contribution < -0.4 is 11.1 Å². The van der Waals surface area contributed by atoms with Crippen LogP contribution in [-0.4, -0.2) is 7.05 Å². The molecular formula is C10H12N2S. The summed E-state index contributed by atoms with van der Waals surface area (Å²) < 4.78 is 1.29. The van der Waals surface area contributed by atoms with Crippen LogP contribution in [0, 0.1) is 0 Å². The monoisotopic (exact) mass is 192 g/mol. The number of hydrogen-bond acceptors (Lipinski definition) is 3. The maximum atomic E-state index is 5.90. The molecule has 0 fully saturated rings. The number of fused-ring (bicyclic) bond motifs is 1. The predicted molar refractivity (Wildman–Crippen MR) is 57.8 cm³/mol. The van der Waals surface area contributed by atoms with E-state index in [1.54, 1.807) is 11.3 Å². The summed E-state index contributed by atoms with van der Waals surface area (Å²) in [7, 11) is 1.87. The Morgan fingerprint density at radius 3 is 2.92 bits per heavy atom. The smallest absolute Gasteiger partial charge is 0.0821 e. The highest BCUT2D eigenvalue weighted by atomic mass is 32.1. The highest BCUT2D eigenvalue weighted by molar-refractivity contribution is 7.17. The van der Waals surface area contributed by atoms with Crippen molar-refractivity contribution in [1.82, 2.24) is 5.32 Å². The molecule has 0 bridgehead atoms. The zero-order valence-electron chi connectivity index (χ0n) is 7.45. The van der Waals surface area contributed by atoms with Crippen molar-refractivity contribution >= 4 is 21.4 Å². The van der Waals surface area contributed by atoms with Gasteiger partial charge in [0.25, 0.3) is 0 Å². The van der Waals surface area contributed by atoms with E-state index >= 15 is 0 Å². The van der Waals surface area contributed by atoms with Gasteiger partial charge in [0.15, 0.2) is 0 Å². The molecule has 0 aliphatic rings. The number of hydrogen-bond donors (Lipinski definition) is 2. The molecule has 0 radical (unpaired) electrons. The number of benzene rings is 1. The van der Waals surface area contributed by atoms with Crippen LogP contribution in [0.4, 0.5) is 0 Å². The summed E-state index contributed by atoms with van der Waals surface area (Å²) in [5.41, 5.74) is 7.08. The molecule has 0 amide bonds. The molecule has 68 valence electrons.